The Bertz CT molecular complexity index is 394. The largest absolute Gasteiger partial charge is 0.395 e. The van der Waals surface area contributed by atoms with Crippen molar-refractivity contribution in [1.29, 1.82) is 0 Å². The molecule has 0 aromatic carbocycles. The molecule has 1 aromatic heterocycles. The maximum atomic E-state index is 11.8. The predicted octanol–water partition coefficient (Wildman–Crippen LogP) is 3.06. The Kier molecular flexibility index (Phi) is 8.06. The summed E-state index contributed by atoms with van der Waals surface area (Å²) in [6, 6.07) is 4.13. The SMILES string of the molecule is CSC(CO)C(C)NC(=O)CCCc1ccc(Br)s1. The Morgan fingerprint density at radius 2 is 2.32 bits per heavy atom. The second-order valence-corrected chi connectivity index (χ2v) is 8.00. The maximum absolute atomic E-state index is 11.8. The van der Waals surface area contributed by atoms with Crippen molar-refractivity contribution in [3.05, 3.63) is 20.8 Å². The molecule has 0 aliphatic carbocycles. The molecule has 0 saturated carbocycles. The van der Waals surface area contributed by atoms with E-state index in [-0.39, 0.29) is 23.8 Å². The van der Waals surface area contributed by atoms with Crippen LogP contribution in [0.2, 0.25) is 0 Å². The topological polar surface area (TPSA) is 49.3 Å². The number of aryl methyl sites for hydroxylation is 1. The molecule has 19 heavy (non-hydrogen) atoms. The lowest BCUT2D eigenvalue weighted by molar-refractivity contribution is -0.121. The maximum Gasteiger partial charge on any atom is 0.220 e. The Morgan fingerprint density at radius 1 is 1.58 bits per heavy atom. The van der Waals surface area contributed by atoms with Crippen molar-refractivity contribution in [2.45, 2.75) is 37.5 Å². The van der Waals surface area contributed by atoms with Gasteiger partial charge < -0.3 is 10.4 Å². The molecule has 0 bridgehead atoms. The molecule has 6 heteroatoms. The smallest absolute Gasteiger partial charge is 0.220 e. The second kappa shape index (κ2) is 9.00. The Hall–Kier alpha value is -0.0400. The lowest BCUT2D eigenvalue weighted by Crippen LogP contribution is -2.41. The Morgan fingerprint density at radius 3 is 2.84 bits per heavy atom. The van der Waals surface area contributed by atoms with E-state index in [2.05, 4.69) is 27.3 Å². The van der Waals surface area contributed by atoms with Crippen LogP contribution < -0.4 is 5.32 Å². The van der Waals surface area contributed by atoms with Gasteiger partial charge in [-0.15, -0.1) is 11.3 Å². The number of halogens is 1. The van der Waals surface area contributed by atoms with Crippen LogP contribution in [0.5, 0.6) is 0 Å². The highest BCUT2D eigenvalue weighted by Gasteiger charge is 2.16. The van der Waals surface area contributed by atoms with Crippen LogP contribution in [0, 0.1) is 0 Å². The normalized spacial score (nSPS) is 14.1. The zero-order valence-electron chi connectivity index (χ0n) is 11.2. The van der Waals surface area contributed by atoms with Crippen LogP contribution in [-0.4, -0.2) is 35.2 Å². The Labute approximate surface area is 131 Å². The molecule has 2 atom stereocenters. The standard InChI is InChI=1S/C13H20BrNO2S2/c1-9(11(8-16)18-2)15-13(17)5-3-4-10-6-7-12(14)19-10/h6-7,9,11,16H,3-5,8H2,1-2H3,(H,15,17). The lowest BCUT2D eigenvalue weighted by Gasteiger charge is -2.21. The van der Waals surface area contributed by atoms with E-state index in [1.54, 1.807) is 23.1 Å². The summed E-state index contributed by atoms with van der Waals surface area (Å²) in [7, 11) is 0. The van der Waals surface area contributed by atoms with Gasteiger partial charge in [0.25, 0.3) is 0 Å². The summed E-state index contributed by atoms with van der Waals surface area (Å²) in [5.74, 6) is 0.0654. The number of hydrogen-bond donors (Lipinski definition) is 2. The highest BCUT2D eigenvalue weighted by molar-refractivity contribution is 9.11. The van der Waals surface area contributed by atoms with Gasteiger partial charge in [-0.2, -0.15) is 11.8 Å². The third kappa shape index (κ3) is 6.29. The minimum absolute atomic E-state index is 0.00313. The van der Waals surface area contributed by atoms with E-state index in [1.807, 2.05) is 19.2 Å². The van der Waals surface area contributed by atoms with E-state index in [0.29, 0.717) is 6.42 Å². The fraction of sp³-hybridized carbons (Fsp3) is 0.615. The number of thioether (sulfide) groups is 1. The molecule has 0 saturated heterocycles. The van der Waals surface area contributed by atoms with Crippen molar-refractivity contribution in [3.8, 4) is 0 Å². The number of nitrogens with one attached hydrogen (secondary N) is 1. The molecular formula is C13H20BrNO2S2. The summed E-state index contributed by atoms with van der Waals surface area (Å²) < 4.78 is 1.13. The van der Waals surface area contributed by atoms with Crippen molar-refractivity contribution in [2.75, 3.05) is 12.9 Å². The zero-order chi connectivity index (χ0) is 14.3. The molecule has 0 fully saturated rings. The molecule has 1 heterocycles. The van der Waals surface area contributed by atoms with E-state index in [0.717, 1.165) is 16.6 Å². The first-order chi connectivity index (χ1) is 9.06. The van der Waals surface area contributed by atoms with Gasteiger partial charge >= 0.3 is 0 Å². The zero-order valence-corrected chi connectivity index (χ0v) is 14.4. The molecule has 3 nitrogen and oxygen atoms in total. The van der Waals surface area contributed by atoms with E-state index in [1.165, 1.54) is 4.88 Å². The summed E-state index contributed by atoms with van der Waals surface area (Å²) in [5.41, 5.74) is 0. The highest BCUT2D eigenvalue weighted by atomic mass is 79.9. The van der Waals surface area contributed by atoms with Crippen molar-refractivity contribution in [1.82, 2.24) is 5.32 Å². The predicted molar refractivity (Wildman–Crippen MR) is 87.0 cm³/mol. The van der Waals surface area contributed by atoms with E-state index in [9.17, 15) is 4.79 Å². The van der Waals surface area contributed by atoms with Crippen LogP contribution in [0.25, 0.3) is 0 Å². The van der Waals surface area contributed by atoms with E-state index >= 15 is 0 Å². The minimum atomic E-state index is 0.00313. The molecule has 2 unspecified atom stereocenters. The first-order valence-corrected chi connectivity index (χ1v) is 9.13. The van der Waals surface area contributed by atoms with Crippen molar-refractivity contribution >= 4 is 44.9 Å². The van der Waals surface area contributed by atoms with Crippen LogP contribution in [0.1, 0.15) is 24.6 Å². The summed E-state index contributed by atoms with van der Waals surface area (Å²) in [6.07, 6.45) is 4.27. The van der Waals surface area contributed by atoms with Gasteiger partial charge in [-0.05, 0) is 54.1 Å². The van der Waals surface area contributed by atoms with Crippen LogP contribution >= 0.6 is 39.0 Å². The van der Waals surface area contributed by atoms with Crippen LogP contribution in [0.4, 0.5) is 0 Å². The molecule has 2 N–H and O–H groups in total. The quantitative estimate of drug-likeness (QED) is 0.744. The molecule has 108 valence electrons. The fourth-order valence-corrected chi connectivity index (χ4v) is 3.92. The van der Waals surface area contributed by atoms with Gasteiger partial charge in [0, 0.05) is 22.6 Å². The third-order valence-corrected chi connectivity index (χ3v) is 5.73. The summed E-state index contributed by atoms with van der Waals surface area (Å²) >= 11 is 6.72. The molecule has 0 aliphatic rings. The highest BCUT2D eigenvalue weighted by Crippen LogP contribution is 2.23. The number of hydrogen-bond acceptors (Lipinski definition) is 4. The van der Waals surface area contributed by atoms with E-state index in [4.69, 9.17) is 5.11 Å². The lowest BCUT2D eigenvalue weighted by atomic mass is 10.2. The average Bonchev–Trinajstić information content (AvgIpc) is 2.76. The van der Waals surface area contributed by atoms with Crippen LogP contribution in [0.3, 0.4) is 0 Å². The average molecular weight is 366 g/mol. The third-order valence-electron chi connectivity index (χ3n) is 2.88. The van der Waals surface area contributed by atoms with Crippen molar-refractivity contribution in [3.63, 3.8) is 0 Å². The monoisotopic (exact) mass is 365 g/mol. The molecule has 0 aliphatic heterocycles. The first kappa shape index (κ1) is 17.0. The summed E-state index contributed by atoms with van der Waals surface area (Å²) in [5, 5.41) is 12.2. The number of aliphatic hydroxyl groups is 1. The van der Waals surface area contributed by atoms with Gasteiger partial charge in [-0.25, -0.2) is 0 Å². The number of amides is 1. The molecule has 1 rings (SSSR count). The van der Waals surface area contributed by atoms with Crippen LogP contribution in [-0.2, 0) is 11.2 Å². The number of aliphatic hydroxyl groups excluding tert-OH is 1. The van der Waals surface area contributed by atoms with Gasteiger partial charge in [0.05, 0.1) is 10.4 Å². The summed E-state index contributed by atoms with van der Waals surface area (Å²) in [6.45, 7) is 2.03. The molecule has 1 aromatic rings. The number of carbonyl (C=O) groups excluding carboxylic acids is 1. The second-order valence-electron chi connectivity index (χ2n) is 4.37. The minimum Gasteiger partial charge on any atom is -0.395 e. The van der Waals surface area contributed by atoms with Crippen molar-refractivity contribution in [2.24, 2.45) is 0 Å². The van der Waals surface area contributed by atoms with Gasteiger partial charge in [0.1, 0.15) is 0 Å². The number of thiophene rings is 1. The van der Waals surface area contributed by atoms with Crippen molar-refractivity contribution < 1.29 is 9.90 Å². The van der Waals surface area contributed by atoms with Gasteiger partial charge in [-0.1, -0.05) is 0 Å². The molecular weight excluding hydrogens is 346 g/mol. The number of rotatable bonds is 8. The summed E-state index contributed by atoms with van der Waals surface area (Å²) in [4.78, 5) is 13.1. The molecule has 0 spiro atoms. The van der Waals surface area contributed by atoms with Gasteiger partial charge in [-0.3, -0.25) is 4.79 Å². The fourth-order valence-electron chi connectivity index (χ4n) is 1.77. The molecule has 1 amide bonds. The molecule has 0 radical (unpaired) electrons. The van der Waals surface area contributed by atoms with Gasteiger partial charge in [0.15, 0.2) is 0 Å². The van der Waals surface area contributed by atoms with Crippen LogP contribution in [0.15, 0.2) is 15.9 Å². The number of carbonyl (C=O) groups is 1. The van der Waals surface area contributed by atoms with E-state index < -0.39 is 0 Å². The Balaban J connectivity index is 2.24. The first-order valence-electron chi connectivity index (χ1n) is 6.24. The van der Waals surface area contributed by atoms with Gasteiger partial charge in [0.2, 0.25) is 5.91 Å².